The van der Waals surface area contributed by atoms with Crippen molar-refractivity contribution in [1.29, 1.82) is 0 Å². The molecule has 1 aromatic carbocycles. The van der Waals surface area contributed by atoms with Crippen molar-refractivity contribution in [1.82, 2.24) is 0 Å². The molecule has 1 aliphatic carbocycles. The predicted molar refractivity (Wildman–Crippen MR) is 80.7 cm³/mol. The Labute approximate surface area is 127 Å². The largest absolute Gasteiger partial charge is 0.461 e. The molecule has 4 heteroatoms. The Hall–Kier alpha value is -1.29. The first kappa shape index (κ1) is 14.6. The predicted octanol–water partition coefficient (Wildman–Crippen LogP) is 2.82. The van der Waals surface area contributed by atoms with E-state index in [4.69, 9.17) is 17.3 Å². The van der Waals surface area contributed by atoms with E-state index in [1.54, 1.807) is 0 Å². The molecule has 2 bridgehead atoms. The molecule has 2 radical (unpaired) electrons. The number of rotatable bonds is 4. The van der Waals surface area contributed by atoms with Gasteiger partial charge in [0.2, 0.25) is 0 Å². The number of fused-ring (bicyclic) bond motifs is 2. The van der Waals surface area contributed by atoms with Crippen LogP contribution in [0.4, 0.5) is 0 Å². The lowest BCUT2D eigenvalue weighted by Gasteiger charge is -2.36. The van der Waals surface area contributed by atoms with E-state index in [0.717, 1.165) is 24.8 Å². The number of hydrogen-bond donors (Lipinski definition) is 0. The van der Waals surface area contributed by atoms with Crippen LogP contribution in [0.15, 0.2) is 30.3 Å². The van der Waals surface area contributed by atoms with E-state index in [9.17, 15) is 4.79 Å². The van der Waals surface area contributed by atoms with Gasteiger partial charge in [-0.1, -0.05) is 43.7 Å². The van der Waals surface area contributed by atoms with Crippen LogP contribution in [0, 0.1) is 11.8 Å². The number of hydrogen-bond acceptors (Lipinski definition) is 3. The van der Waals surface area contributed by atoms with Gasteiger partial charge in [-0.2, -0.15) is 0 Å². The van der Waals surface area contributed by atoms with E-state index >= 15 is 0 Å². The minimum absolute atomic E-state index is 0.194. The van der Waals surface area contributed by atoms with Crippen LogP contribution < -0.4 is 0 Å². The Balaban J connectivity index is 1.59. The first-order chi connectivity index (χ1) is 10.1. The Morgan fingerprint density at radius 1 is 1.43 bits per heavy atom. The number of ether oxygens (including phenoxy) is 2. The molecular formula is C17H21BO3. The second-order valence-corrected chi connectivity index (χ2v) is 6.32. The van der Waals surface area contributed by atoms with Crippen LogP contribution in [0.25, 0.3) is 0 Å². The highest BCUT2D eigenvalue weighted by atomic mass is 16.5. The monoisotopic (exact) mass is 284 g/mol. The van der Waals surface area contributed by atoms with Gasteiger partial charge in [0.25, 0.3) is 0 Å². The lowest BCUT2D eigenvalue weighted by molar-refractivity contribution is -0.154. The lowest BCUT2D eigenvalue weighted by atomic mass is 9.67. The smallest absolute Gasteiger partial charge is 0.309 e. The number of benzene rings is 1. The molecule has 1 heterocycles. The van der Waals surface area contributed by atoms with Crippen molar-refractivity contribution < 1.29 is 14.3 Å². The fourth-order valence-electron chi connectivity index (χ4n) is 3.80. The van der Waals surface area contributed by atoms with Crippen LogP contribution in [0.1, 0.15) is 38.2 Å². The molecule has 4 atom stereocenters. The average Bonchev–Trinajstić information content (AvgIpc) is 2.62. The minimum atomic E-state index is -0.407. The molecule has 1 saturated heterocycles. The Kier molecular flexibility index (Phi) is 4.07. The lowest BCUT2D eigenvalue weighted by Crippen LogP contribution is -2.40. The van der Waals surface area contributed by atoms with Crippen LogP contribution in [-0.4, -0.2) is 25.4 Å². The zero-order valence-corrected chi connectivity index (χ0v) is 12.5. The summed E-state index contributed by atoms with van der Waals surface area (Å²) in [5.41, 5.74) is 0.595. The SMILES string of the molecule is [B][C@@H]1O[C@@]2(CC(=O)OCc3ccccc3)CCC[C@H]1C2C. The third-order valence-corrected chi connectivity index (χ3v) is 5.09. The second-order valence-electron chi connectivity index (χ2n) is 6.32. The van der Waals surface area contributed by atoms with E-state index in [0.29, 0.717) is 24.9 Å². The molecule has 21 heavy (non-hydrogen) atoms. The summed E-state index contributed by atoms with van der Waals surface area (Å²) in [7, 11) is 6.06. The zero-order valence-electron chi connectivity index (χ0n) is 12.5. The van der Waals surface area contributed by atoms with E-state index < -0.39 is 5.60 Å². The quantitative estimate of drug-likeness (QED) is 0.630. The van der Waals surface area contributed by atoms with Crippen LogP contribution in [-0.2, 0) is 20.9 Å². The summed E-state index contributed by atoms with van der Waals surface area (Å²) in [6.07, 6.45) is 3.39. The molecule has 3 rings (SSSR count). The third kappa shape index (κ3) is 2.87. The molecule has 110 valence electrons. The van der Waals surface area contributed by atoms with Crippen LogP contribution in [0.5, 0.6) is 0 Å². The topological polar surface area (TPSA) is 35.5 Å². The van der Waals surface area contributed by atoms with Gasteiger partial charge in [0.05, 0.1) is 12.0 Å². The van der Waals surface area contributed by atoms with Gasteiger partial charge in [-0.15, -0.1) is 0 Å². The van der Waals surface area contributed by atoms with Gasteiger partial charge in [-0.25, -0.2) is 0 Å². The molecular weight excluding hydrogens is 263 g/mol. The summed E-state index contributed by atoms with van der Waals surface area (Å²) in [6, 6.07) is 9.50. The molecule has 0 amide bonds. The summed E-state index contributed by atoms with van der Waals surface area (Å²) >= 11 is 0. The first-order valence-corrected chi connectivity index (χ1v) is 7.74. The zero-order chi connectivity index (χ0) is 14.9. The Bertz CT molecular complexity index is 504. The average molecular weight is 284 g/mol. The van der Waals surface area contributed by atoms with Crippen molar-refractivity contribution in [2.45, 2.75) is 50.8 Å². The second kappa shape index (κ2) is 5.84. The van der Waals surface area contributed by atoms with Crippen molar-refractivity contribution in [3.63, 3.8) is 0 Å². The standard InChI is InChI=1S/C17H21BO3/c1-12-14-8-5-9-17(12,21-16(14)18)10-15(19)20-11-13-6-3-2-4-7-13/h2-4,6-7,12,14,16H,5,8-11H2,1H3/t12?,14-,16+,17+/m0/s1. The molecule has 0 aromatic heterocycles. The first-order valence-electron chi connectivity index (χ1n) is 7.74. The van der Waals surface area contributed by atoms with Gasteiger partial charge in [0.1, 0.15) is 14.5 Å². The van der Waals surface area contributed by atoms with Gasteiger partial charge < -0.3 is 9.47 Å². The molecule has 3 nitrogen and oxygen atoms in total. The minimum Gasteiger partial charge on any atom is -0.461 e. The molecule has 0 spiro atoms. The van der Waals surface area contributed by atoms with Crippen molar-refractivity contribution in [3.05, 3.63) is 35.9 Å². The van der Waals surface area contributed by atoms with Crippen molar-refractivity contribution >= 4 is 13.8 Å². The van der Waals surface area contributed by atoms with E-state index in [1.165, 1.54) is 0 Å². The van der Waals surface area contributed by atoms with Crippen LogP contribution in [0.2, 0.25) is 0 Å². The van der Waals surface area contributed by atoms with E-state index in [1.807, 2.05) is 30.3 Å². The summed E-state index contributed by atoms with van der Waals surface area (Å²) < 4.78 is 11.4. The summed E-state index contributed by atoms with van der Waals surface area (Å²) in [6.45, 7) is 2.47. The van der Waals surface area contributed by atoms with Crippen molar-refractivity contribution in [2.24, 2.45) is 11.8 Å². The van der Waals surface area contributed by atoms with Crippen LogP contribution >= 0.6 is 0 Å². The van der Waals surface area contributed by atoms with Gasteiger partial charge in [-0.05, 0) is 30.2 Å². The van der Waals surface area contributed by atoms with E-state index in [-0.39, 0.29) is 12.0 Å². The fourth-order valence-corrected chi connectivity index (χ4v) is 3.80. The van der Waals surface area contributed by atoms with Gasteiger partial charge in [-0.3, -0.25) is 4.79 Å². The number of esters is 1. The summed E-state index contributed by atoms with van der Waals surface area (Å²) in [5.74, 6) is 0.506. The number of carbonyl (C=O) groups excluding carboxylic acids is 1. The maximum atomic E-state index is 12.2. The molecule has 2 aliphatic rings. The maximum absolute atomic E-state index is 12.2. The molecule has 1 aliphatic heterocycles. The highest BCUT2D eigenvalue weighted by molar-refractivity contribution is 6.11. The molecule has 2 fully saturated rings. The number of carbonyl (C=O) groups is 1. The summed E-state index contributed by atoms with van der Waals surface area (Å²) in [4.78, 5) is 12.2. The molecule has 1 saturated carbocycles. The highest BCUT2D eigenvalue weighted by Gasteiger charge is 2.53. The van der Waals surface area contributed by atoms with Gasteiger partial charge in [0, 0.05) is 6.00 Å². The normalized spacial score (nSPS) is 34.6. The van der Waals surface area contributed by atoms with Crippen molar-refractivity contribution in [3.8, 4) is 0 Å². The third-order valence-electron chi connectivity index (χ3n) is 5.09. The van der Waals surface area contributed by atoms with Crippen molar-refractivity contribution in [2.75, 3.05) is 0 Å². The Morgan fingerprint density at radius 2 is 2.19 bits per heavy atom. The fraction of sp³-hybridized carbons (Fsp3) is 0.588. The van der Waals surface area contributed by atoms with Gasteiger partial charge in [0.15, 0.2) is 0 Å². The van der Waals surface area contributed by atoms with Crippen LogP contribution in [0.3, 0.4) is 0 Å². The molecule has 1 unspecified atom stereocenters. The molecule has 1 aromatic rings. The highest BCUT2D eigenvalue weighted by Crippen LogP contribution is 2.50. The maximum Gasteiger partial charge on any atom is 0.309 e. The molecule has 0 N–H and O–H groups in total. The Morgan fingerprint density at radius 3 is 2.95 bits per heavy atom. The summed E-state index contributed by atoms with van der Waals surface area (Å²) in [5, 5.41) is 0. The van der Waals surface area contributed by atoms with E-state index in [2.05, 4.69) is 6.92 Å². The van der Waals surface area contributed by atoms with Gasteiger partial charge >= 0.3 is 5.97 Å².